The first-order valence-electron chi connectivity index (χ1n) is 37.2. The molecule has 110 heavy (non-hydrogen) atoms. The number of benzene rings is 15. The van der Waals surface area contributed by atoms with Gasteiger partial charge in [-0.3, -0.25) is 0 Å². The number of fused-ring (bicyclic) bond motifs is 20. The normalized spacial score (nSPS) is 12.2. The summed E-state index contributed by atoms with van der Waals surface area (Å²) in [6, 6.07) is 129. The number of aromatic nitrogens is 8. The molecule has 0 amide bonds. The second kappa shape index (κ2) is 23.7. The molecule has 0 bridgehead atoms. The Labute approximate surface area is 636 Å². The van der Waals surface area contributed by atoms with E-state index in [1.807, 2.05) is 11.3 Å². The minimum Gasteiger partial charge on any atom is -0.309 e. The number of hydrogen-bond acceptors (Lipinski definition) is 6. The molecule has 0 N–H and O–H groups in total. The zero-order chi connectivity index (χ0) is 71.8. The van der Waals surface area contributed by atoms with Crippen LogP contribution in [0.4, 0.5) is 0 Å². The highest BCUT2D eigenvalue weighted by atomic mass is 32.1. The second-order valence-electron chi connectivity index (χ2n) is 28.7. The smallest absolute Gasteiger partial charge is 0.160 e. The van der Waals surface area contributed by atoms with Crippen molar-refractivity contribution in [3.63, 3.8) is 0 Å². The third-order valence-electron chi connectivity index (χ3n) is 22.7. The molecule has 24 rings (SSSR count). The largest absolute Gasteiger partial charge is 0.309 e. The van der Waals surface area contributed by atoms with Crippen molar-refractivity contribution in [1.29, 1.82) is 0 Å². The van der Waals surface area contributed by atoms with E-state index in [2.05, 4.69) is 370 Å². The van der Waals surface area contributed by atoms with Gasteiger partial charge in [0.15, 0.2) is 5.82 Å². The van der Waals surface area contributed by atoms with Crippen LogP contribution in [0, 0.1) is 0 Å². The maximum Gasteiger partial charge on any atom is 0.160 e. The fourth-order valence-corrected chi connectivity index (χ4v) is 20.4. The molecule has 0 aliphatic heterocycles. The number of hydrogen-bond donors (Lipinski definition) is 0. The lowest BCUT2D eigenvalue weighted by atomic mass is 9.97. The van der Waals surface area contributed by atoms with Crippen molar-refractivity contribution < 1.29 is 0 Å². The summed E-state index contributed by atoms with van der Waals surface area (Å²) in [5.74, 6) is 0.642. The SMILES string of the molecule is c1ccc(-c2nc(-c3cc(-n4c5ccccc5c5ccccc54)cc(-n4c5ccccc5c5c(-c6ccc7c(c6)c6ccccc6n7-c6cc(-c7c8ccccc8nc8c7sc7ccccc78)cc(-n7c8ccccc8c8ccccc87)c6)cccc54)c3)cc(-c3c4ccccc4nc4c3sc3ccccc34)n2)cc1. The Morgan fingerprint density at radius 1 is 0.218 bits per heavy atom. The van der Waals surface area contributed by atoms with E-state index in [-0.39, 0.29) is 0 Å². The van der Waals surface area contributed by atoms with Crippen LogP contribution in [0.25, 0.3) is 229 Å². The Hall–Kier alpha value is -14.2. The van der Waals surface area contributed by atoms with E-state index in [0.717, 1.165) is 160 Å². The molecular formula is C100H58N8S2. The maximum absolute atomic E-state index is 5.66. The van der Waals surface area contributed by atoms with Crippen LogP contribution < -0.4 is 0 Å². The van der Waals surface area contributed by atoms with E-state index in [1.54, 1.807) is 11.3 Å². The topological polar surface area (TPSA) is 71.3 Å². The number of pyridine rings is 2. The van der Waals surface area contributed by atoms with Gasteiger partial charge in [0.05, 0.1) is 87.0 Å². The molecule has 8 nitrogen and oxygen atoms in total. The summed E-state index contributed by atoms with van der Waals surface area (Å²) in [6.07, 6.45) is 0. The summed E-state index contributed by atoms with van der Waals surface area (Å²) in [5.41, 5.74) is 26.2. The molecule has 15 aromatic carbocycles. The zero-order valence-corrected chi connectivity index (χ0v) is 60.5. The molecule has 9 aromatic heterocycles. The highest BCUT2D eigenvalue weighted by Gasteiger charge is 2.27. The molecule has 0 unspecified atom stereocenters. The second-order valence-corrected chi connectivity index (χ2v) is 30.8. The first-order valence-corrected chi connectivity index (χ1v) is 38.9. The standard InChI is InChI=1S/C100H58N8S2/c1-2-25-59(26-3-1)100-103-81(58-82(104-100)95-74-33-5-15-39-80(74)102-97-77-36-13-23-48-92(77)110-99(95)97)61-51-63(105-83-40-16-6-27-68(83)69-28-7-17-41-84(69)105)56-64(52-61)108-88-45-21-11-34-75(88)94-67(37-24-46-90(94)108)60-49-50-89-78(55-60)72-31-10-20-44-87(72)107(89)66-54-62(53-65(57-66)106-85-42-18-8-29-70(85)71-30-9-19-43-86(71)106)93-73-32-4-14-38-79(73)101-96-76-35-12-22-47-91(76)109-98(93)96/h1-58H. The third-order valence-corrected chi connectivity index (χ3v) is 25.0. The van der Waals surface area contributed by atoms with Gasteiger partial charge in [-0.2, -0.15) is 0 Å². The van der Waals surface area contributed by atoms with Gasteiger partial charge in [-0.25, -0.2) is 19.9 Å². The molecule has 0 atom stereocenters. The molecule has 510 valence electrons. The summed E-state index contributed by atoms with van der Waals surface area (Å²) >= 11 is 3.61. The van der Waals surface area contributed by atoms with E-state index in [1.165, 1.54) is 62.8 Å². The summed E-state index contributed by atoms with van der Waals surface area (Å²) in [5, 5.41) is 14.0. The fourth-order valence-electron chi connectivity index (χ4n) is 18.0. The molecular weight excluding hydrogens is 1380 g/mol. The van der Waals surface area contributed by atoms with Crippen LogP contribution in [0.5, 0.6) is 0 Å². The summed E-state index contributed by atoms with van der Waals surface area (Å²) < 4.78 is 14.6. The van der Waals surface area contributed by atoms with Gasteiger partial charge >= 0.3 is 0 Å². The van der Waals surface area contributed by atoms with Crippen LogP contribution in [0.15, 0.2) is 352 Å². The molecule has 0 fully saturated rings. The van der Waals surface area contributed by atoms with Crippen molar-refractivity contribution in [2.75, 3.05) is 0 Å². The van der Waals surface area contributed by atoms with Crippen molar-refractivity contribution in [1.82, 2.24) is 38.2 Å². The van der Waals surface area contributed by atoms with Crippen LogP contribution in [0.1, 0.15) is 0 Å². The lowest BCUT2D eigenvalue weighted by Crippen LogP contribution is -2.02. The lowest BCUT2D eigenvalue weighted by molar-refractivity contribution is 1.13. The molecule has 0 radical (unpaired) electrons. The van der Waals surface area contributed by atoms with Gasteiger partial charge in [0.1, 0.15) is 0 Å². The monoisotopic (exact) mass is 1430 g/mol. The van der Waals surface area contributed by atoms with Crippen molar-refractivity contribution in [2.24, 2.45) is 0 Å². The Kier molecular flexibility index (Phi) is 13.1. The quantitative estimate of drug-likeness (QED) is 0.144. The number of rotatable bonds is 9. The van der Waals surface area contributed by atoms with Gasteiger partial charge in [0.2, 0.25) is 0 Å². The third kappa shape index (κ3) is 9.06. The van der Waals surface area contributed by atoms with Gasteiger partial charge in [0.25, 0.3) is 0 Å². The van der Waals surface area contributed by atoms with Crippen molar-refractivity contribution >= 4 is 172 Å². The van der Waals surface area contributed by atoms with Gasteiger partial charge < -0.3 is 18.3 Å². The average molecular weight is 1440 g/mol. The molecule has 0 aliphatic rings. The van der Waals surface area contributed by atoms with Crippen molar-refractivity contribution in [3.8, 4) is 78.9 Å². The Bertz CT molecular complexity index is 7960. The average Bonchev–Trinajstić information content (AvgIpc) is 1.53. The van der Waals surface area contributed by atoms with Crippen LogP contribution in [0.2, 0.25) is 0 Å². The molecule has 0 aliphatic carbocycles. The Balaban J connectivity index is 0.731. The maximum atomic E-state index is 5.66. The minimum absolute atomic E-state index is 0.642. The van der Waals surface area contributed by atoms with Crippen molar-refractivity contribution in [2.45, 2.75) is 0 Å². The Morgan fingerprint density at radius 2 is 0.600 bits per heavy atom. The lowest BCUT2D eigenvalue weighted by Gasteiger charge is -2.17. The number of thiophene rings is 2. The van der Waals surface area contributed by atoms with E-state index in [0.29, 0.717) is 5.82 Å². The molecule has 24 aromatic rings. The zero-order valence-electron chi connectivity index (χ0n) is 58.9. The summed E-state index contributed by atoms with van der Waals surface area (Å²) in [4.78, 5) is 22.0. The molecule has 0 spiro atoms. The fraction of sp³-hybridized carbons (Fsp3) is 0. The predicted octanol–water partition coefficient (Wildman–Crippen LogP) is 27.0. The van der Waals surface area contributed by atoms with Crippen LogP contribution >= 0.6 is 22.7 Å². The van der Waals surface area contributed by atoms with E-state index < -0.39 is 0 Å². The van der Waals surface area contributed by atoms with Gasteiger partial charge in [-0.05, 0) is 138 Å². The molecule has 0 saturated heterocycles. The van der Waals surface area contributed by atoms with E-state index >= 15 is 0 Å². The van der Waals surface area contributed by atoms with Crippen LogP contribution in [-0.4, -0.2) is 38.2 Å². The van der Waals surface area contributed by atoms with E-state index in [4.69, 9.17) is 19.9 Å². The molecule has 9 heterocycles. The number of para-hydroxylation sites is 8. The number of nitrogens with zero attached hydrogens (tertiary/aromatic N) is 8. The highest BCUT2D eigenvalue weighted by molar-refractivity contribution is 7.26. The highest BCUT2D eigenvalue weighted by Crippen LogP contribution is 2.49. The minimum atomic E-state index is 0.642. The summed E-state index contributed by atoms with van der Waals surface area (Å²) in [7, 11) is 0. The van der Waals surface area contributed by atoms with Crippen molar-refractivity contribution in [3.05, 3.63) is 352 Å². The Morgan fingerprint density at radius 3 is 1.13 bits per heavy atom. The van der Waals surface area contributed by atoms with Crippen LogP contribution in [0.3, 0.4) is 0 Å². The van der Waals surface area contributed by atoms with Gasteiger partial charge in [0, 0.05) is 119 Å². The first kappa shape index (κ1) is 61.0. The van der Waals surface area contributed by atoms with Crippen LogP contribution in [-0.2, 0) is 0 Å². The van der Waals surface area contributed by atoms with E-state index in [9.17, 15) is 0 Å². The molecule has 0 saturated carbocycles. The predicted molar refractivity (Wildman–Crippen MR) is 463 cm³/mol. The molecule has 10 heteroatoms. The van der Waals surface area contributed by atoms with Gasteiger partial charge in [-0.1, -0.05) is 231 Å². The summed E-state index contributed by atoms with van der Waals surface area (Å²) in [6.45, 7) is 0. The van der Waals surface area contributed by atoms with Gasteiger partial charge in [-0.15, -0.1) is 22.7 Å². The first-order chi connectivity index (χ1) is 54.5.